The number of anilines is 1. The molecule has 0 spiro atoms. The molecule has 2 N–H and O–H groups in total. The van der Waals surface area contributed by atoms with Crippen molar-refractivity contribution in [3.8, 4) is 11.4 Å². The van der Waals surface area contributed by atoms with E-state index >= 15 is 0 Å². The highest BCUT2D eigenvalue weighted by Gasteiger charge is 2.27. The van der Waals surface area contributed by atoms with Crippen LogP contribution in [0.3, 0.4) is 0 Å². The Morgan fingerprint density at radius 1 is 1.21 bits per heavy atom. The van der Waals surface area contributed by atoms with Crippen LogP contribution in [0.25, 0.3) is 11.4 Å². The maximum Gasteiger partial charge on any atom is 0.257 e. The summed E-state index contributed by atoms with van der Waals surface area (Å²) in [5, 5.41) is 10.1. The van der Waals surface area contributed by atoms with E-state index in [0.717, 1.165) is 30.5 Å². The lowest BCUT2D eigenvalue weighted by molar-refractivity contribution is 0.102. The molecule has 0 atom stereocenters. The van der Waals surface area contributed by atoms with Gasteiger partial charge in [0, 0.05) is 23.4 Å². The second-order valence-corrected chi connectivity index (χ2v) is 9.19. The number of rotatable bonds is 5. The molecule has 1 aliphatic carbocycles. The summed E-state index contributed by atoms with van der Waals surface area (Å²) < 4.78 is 23.5. The first-order valence-electron chi connectivity index (χ1n) is 8.65. The van der Waals surface area contributed by atoms with E-state index < -0.39 is 15.7 Å². The smallest absolute Gasteiger partial charge is 0.257 e. The summed E-state index contributed by atoms with van der Waals surface area (Å²) in [6.07, 6.45) is 3.32. The Kier molecular flexibility index (Phi) is 4.68. The second-order valence-electron chi connectivity index (χ2n) is 6.77. The van der Waals surface area contributed by atoms with Gasteiger partial charge in [-0.3, -0.25) is 9.89 Å². The number of carbonyl (C=O) groups is 1. The number of aromatic nitrogens is 3. The molecule has 1 amide bonds. The number of aromatic amines is 1. The Morgan fingerprint density at radius 2 is 2.00 bits per heavy atom. The molecule has 7 nitrogen and oxygen atoms in total. The Bertz CT molecular complexity index is 1170. The van der Waals surface area contributed by atoms with Crippen LogP contribution >= 0.6 is 11.6 Å². The molecule has 1 fully saturated rings. The Labute approximate surface area is 167 Å². The van der Waals surface area contributed by atoms with Crippen molar-refractivity contribution in [2.75, 3.05) is 11.6 Å². The van der Waals surface area contributed by atoms with Gasteiger partial charge in [-0.2, -0.15) is 5.10 Å². The van der Waals surface area contributed by atoms with E-state index in [2.05, 4.69) is 20.5 Å². The van der Waals surface area contributed by atoms with Gasteiger partial charge in [0.25, 0.3) is 5.91 Å². The van der Waals surface area contributed by atoms with Crippen molar-refractivity contribution in [3.05, 3.63) is 58.9 Å². The quantitative estimate of drug-likeness (QED) is 0.660. The largest absolute Gasteiger partial charge is 0.322 e. The van der Waals surface area contributed by atoms with E-state index in [9.17, 15) is 13.2 Å². The van der Waals surface area contributed by atoms with Gasteiger partial charge in [0.05, 0.1) is 15.5 Å². The molecule has 4 rings (SSSR count). The zero-order valence-corrected chi connectivity index (χ0v) is 16.5. The molecule has 0 saturated heterocycles. The predicted octanol–water partition coefficient (Wildman–Crippen LogP) is 3.66. The van der Waals surface area contributed by atoms with E-state index in [4.69, 9.17) is 11.6 Å². The molecule has 3 aromatic rings. The van der Waals surface area contributed by atoms with Gasteiger partial charge < -0.3 is 5.32 Å². The van der Waals surface area contributed by atoms with Crippen LogP contribution in [0.5, 0.6) is 0 Å². The number of hydrogen-bond acceptors (Lipinski definition) is 5. The van der Waals surface area contributed by atoms with E-state index in [1.807, 2.05) is 6.07 Å². The summed E-state index contributed by atoms with van der Waals surface area (Å²) >= 11 is 6.09. The summed E-state index contributed by atoms with van der Waals surface area (Å²) in [5.41, 5.74) is 1.38. The van der Waals surface area contributed by atoms with E-state index in [0.29, 0.717) is 17.4 Å². The first kappa shape index (κ1) is 18.6. The van der Waals surface area contributed by atoms with Gasteiger partial charge in [0.15, 0.2) is 15.7 Å². The van der Waals surface area contributed by atoms with Crippen molar-refractivity contribution in [1.82, 2.24) is 15.2 Å². The normalized spacial score (nSPS) is 14.1. The number of nitrogens with one attached hydrogen (secondary N) is 2. The first-order valence-corrected chi connectivity index (χ1v) is 10.9. The minimum Gasteiger partial charge on any atom is -0.322 e. The number of carbonyl (C=O) groups excluding carboxylic acids is 1. The van der Waals surface area contributed by atoms with Crippen LogP contribution in [-0.4, -0.2) is 35.8 Å². The number of halogens is 1. The van der Waals surface area contributed by atoms with Gasteiger partial charge in [-0.1, -0.05) is 23.7 Å². The monoisotopic (exact) mass is 416 g/mol. The van der Waals surface area contributed by atoms with E-state index in [1.165, 1.54) is 18.2 Å². The van der Waals surface area contributed by atoms with Crippen LogP contribution in [0.1, 0.15) is 34.9 Å². The lowest BCUT2D eigenvalue weighted by Crippen LogP contribution is -2.13. The predicted molar refractivity (Wildman–Crippen MR) is 106 cm³/mol. The van der Waals surface area contributed by atoms with Crippen LogP contribution < -0.4 is 5.32 Å². The molecule has 0 unspecified atom stereocenters. The molecule has 9 heteroatoms. The molecule has 0 aliphatic heterocycles. The van der Waals surface area contributed by atoms with Crippen molar-refractivity contribution < 1.29 is 13.2 Å². The fraction of sp³-hybridized carbons (Fsp3) is 0.211. The van der Waals surface area contributed by atoms with Crippen LogP contribution in [0, 0.1) is 0 Å². The van der Waals surface area contributed by atoms with Crippen molar-refractivity contribution in [2.45, 2.75) is 23.7 Å². The fourth-order valence-electron chi connectivity index (χ4n) is 2.79. The highest BCUT2D eigenvalue weighted by Crippen LogP contribution is 2.38. The third-order valence-corrected chi connectivity index (χ3v) is 5.90. The maximum absolute atomic E-state index is 12.6. The minimum absolute atomic E-state index is 0.0316. The highest BCUT2D eigenvalue weighted by atomic mass is 35.5. The molecular weight excluding hydrogens is 400 g/mol. The van der Waals surface area contributed by atoms with Crippen molar-refractivity contribution in [3.63, 3.8) is 0 Å². The zero-order valence-electron chi connectivity index (χ0n) is 14.9. The van der Waals surface area contributed by atoms with Crippen LogP contribution in [0.4, 0.5) is 5.69 Å². The van der Waals surface area contributed by atoms with Crippen LogP contribution in [0.15, 0.2) is 47.4 Å². The lowest BCUT2D eigenvalue weighted by Gasteiger charge is -2.09. The molecule has 1 aliphatic rings. The topological polar surface area (TPSA) is 105 Å². The molecule has 0 radical (unpaired) electrons. The summed E-state index contributed by atoms with van der Waals surface area (Å²) in [6, 6.07) is 11.2. The first-order chi connectivity index (χ1) is 13.3. The van der Waals surface area contributed by atoms with Crippen molar-refractivity contribution >= 4 is 33.0 Å². The van der Waals surface area contributed by atoms with Gasteiger partial charge in [0.2, 0.25) is 0 Å². The van der Waals surface area contributed by atoms with Crippen molar-refractivity contribution in [1.29, 1.82) is 0 Å². The number of H-pyrrole nitrogens is 1. The van der Waals surface area contributed by atoms with Crippen molar-refractivity contribution in [2.24, 2.45) is 0 Å². The summed E-state index contributed by atoms with van der Waals surface area (Å²) in [6.45, 7) is 0. The van der Waals surface area contributed by atoms with Gasteiger partial charge >= 0.3 is 0 Å². The Balaban J connectivity index is 1.58. The third-order valence-electron chi connectivity index (χ3n) is 4.46. The third kappa shape index (κ3) is 3.93. The maximum atomic E-state index is 12.6. The Morgan fingerprint density at radius 3 is 2.71 bits per heavy atom. The average molecular weight is 417 g/mol. The molecule has 0 bridgehead atoms. The fourth-order valence-corrected chi connectivity index (χ4v) is 3.64. The van der Waals surface area contributed by atoms with Gasteiger partial charge in [-0.25, -0.2) is 13.4 Å². The molecule has 1 heterocycles. The highest BCUT2D eigenvalue weighted by molar-refractivity contribution is 7.90. The summed E-state index contributed by atoms with van der Waals surface area (Å²) in [5.74, 6) is 1.42. The van der Waals surface area contributed by atoms with Gasteiger partial charge in [-0.05, 0) is 43.2 Å². The average Bonchev–Trinajstić information content (AvgIpc) is 3.38. The van der Waals surface area contributed by atoms with E-state index in [1.54, 1.807) is 18.2 Å². The number of benzene rings is 2. The van der Waals surface area contributed by atoms with Gasteiger partial charge in [-0.15, -0.1) is 0 Å². The number of hydrogen-bond donors (Lipinski definition) is 2. The van der Waals surface area contributed by atoms with Crippen LogP contribution in [-0.2, 0) is 9.84 Å². The Hall–Kier alpha value is -2.71. The second kappa shape index (κ2) is 7.03. The van der Waals surface area contributed by atoms with E-state index in [-0.39, 0.29) is 15.5 Å². The minimum atomic E-state index is -3.45. The molecule has 1 aromatic heterocycles. The standard InChI is InChI=1S/C19H17ClN4O3S/c1-28(26,27)14-7-8-16(20)15(10-14)19(25)21-13-4-2-3-12(9-13)18-22-17(23-24-18)11-5-6-11/h2-4,7-11H,5-6H2,1H3,(H,21,25)(H,22,23,24). The van der Waals surface area contributed by atoms with Crippen LogP contribution in [0.2, 0.25) is 5.02 Å². The SMILES string of the molecule is CS(=O)(=O)c1ccc(Cl)c(C(=O)Nc2cccc(-c3n[nH]c(C4CC4)n3)c2)c1. The number of amides is 1. The molecule has 2 aromatic carbocycles. The molecular formula is C19H17ClN4O3S. The summed E-state index contributed by atoms with van der Waals surface area (Å²) in [7, 11) is -3.45. The molecule has 144 valence electrons. The number of sulfone groups is 1. The zero-order chi connectivity index (χ0) is 19.9. The van der Waals surface area contributed by atoms with Gasteiger partial charge in [0.1, 0.15) is 5.82 Å². The molecule has 1 saturated carbocycles. The lowest BCUT2D eigenvalue weighted by atomic mass is 10.1. The number of nitrogens with zero attached hydrogens (tertiary/aromatic N) is 2. The summed E-state index contributed by atoms with van der Waals surface area (Å²) in [4.78, 5) is 17.2. The molecule has 28 heavy (non-hydrogen) atoms.